The molecule has 0 bridgehead atoms. The standard InChI is InChI=1S/C76H126NO8P/c1-6-8-10-12-14-16-18-20-22-24-26-28-30-31-32-33-34-35-36-37-38-39-40-41-42-43-44-45-47-49-51-53-55-57-59-61-63-65-67-69-76(79)85-74(73-84-86(80,81)83-71-70-77(3,4)5)72-82-75(78)68-66-64-62-60-58-56-54-52-50-48-46-29-27-25-23-21-19-17-15-13-11-9-7-2/h8-11,14-17,20-23,26-29,31-32,34-35,37-38,48,50,54,56,74H,6-7,12-13,18-19,24-25,30,33,36,39-47,49,51-53,55,57-73H2,1-5H3/p+1/b10-8-,11-9-,16-14-,17-15-,22-20-,23-21-,28-26-,29-27-,32-31-,35-34-,38-37-,50-48-,56-54-. The number of ether oxygens (including phenoxy) is 2. The fraction of sp³-hybridized carbons (Fsp3) is 0.632. The monoisotopic (exact) mass is 1210 g/mol. The summed E-state index contributed by atoms with van der Waals surface area (Å²) < 4.78 is 34.7. The van der Waals surface area contributed by atoms with Crippen molar-refractivity contribution >= 4 is 19.8 Å². The van der Waals surface area contributed by atoms with Gasteiger partial charge in [-0.2, -0.15) is 0 Å². The molecule has 488 valence electrons. The number of likely N-dealkylation sites (N-methyl/N-ethyl adjacent to an activating group) is 1. The Balaban J connectivity index is 4.08. The van der Waals surface area contributed by atoms with Crippen LogP contribution >= 0.6 is 7.82 Å². The van der Waals surface area contributed by atoms with Crippen molar-refractivity contribution in [3.63, 3.8) is 0 Å². The number of carbonyl (C=O) groups excluding carboxylic acids is 2. The fourth-order valence-corrected chi connectivity index (χ4v) is 9.62. The van der Waals surface area contributed by atoms with E-state index in [9.17, 15) is 19.0 Å². The first kappa shape index (κ1) is 81.6. The zero-order valence-corrected chi connectivity index (χ0v) is 56.4. The van der Waals surface area contributed by atoms with E-state index in [1.54, 1.807) is 0 Å². The Labute approximate surface area is 528 Å². The number of rotatable bonds is 61. The Morgan fingerprint density at radius 3 is 0.930 bits per heavy atom. The van der Waals surface area contributed by atoms with Crippen LogP contribution in [0.2, 0.25) is 0 Å². The average molecular weight is 1210 g/mol. The summed E-state index contributed by atoms with van der Waals surface area (Å²) in [6.45, 7) is 4.17. The van der Waals surface area contributed by atoms with Gasteiger partial charge in [-0.3, -0.25) is 18.6 Å². The minimum Gasteiger partial charge on any atom is -0.462 e. The molecule has 0 fully saturated rings. The molecule has 0 spiro atoms. The molecule has 0 rings (SSSR count). The summed E-state index contributed by atoms with van der Waals surface area (Å²) in [6.07, 6.45) is 97.7. The van der Waals surface area contributed by atoms with Crippen LogP contribution in [0.3, 0.4) is 0 Å². The topological polar surface area (TPSA) is 108 Å². The SMILES string of the molecule is CC/C=C\C/C=C\C/C=C\C/C=C\C/C=C\C/C=C\C/C=C\CCCCCCCCCCCCCCCCCCCC(=O)OC(COC(=O)CCCCCC/C=C\C/C=C\C/C=C\C/C=C\C/C=C\C/C=C\CC)COP(=O)(O)OCC[N+](C)(C)C. The highest BCUT2D eigenvalue weighted by Gasteiger charge is 2.27. The first-order chi connectivity index (χ1) is 42.0. The molecule has 0 saturated heterocycles. The Morgan fingerprint density at radius 2 is 0.628 bits per heavy atom. The third-order valence-corrected chi connectivity index (χ3v) is 15.0. The molecular weight excluding hydrogens is 1090 g/mol. The molecule has 9 nitrogen and oxygen atoms in total. The third kappa shape index (κ3) is 68.7. The van der Waals surface area contributed by atoms with Crippen LogP contribution in [0.1, 0.15) is 258 Å². The first-order valence-electron chi connectivity index (χ1n) is 34.2. The molecule has 0 aromatic heterocycles. The zero-order valence-electron chi connectivity index (χ0n) is 55.5. The summed E-state index contributed by atoms with van der Waals surface area (Å²) in [7, 11) is 1.45. The minimum absolute atomic E-state index is 0.0203. The molecule has 0 aromatic rings. The minimum atomic E-state index is -4.41. The van der Waals surface area contributed by atoms with Crippen molar-refractivity contribution in [2.45, 2.75) is 264 Å². The number of phosphoric acid groups is 1. The molecule has 1 N–H and O–H groups in total. The molecule has 0 saturated carbocycles. The summed E-state index contributed by atoms with van der Waals surface area (Å²) in [5, 5.41) is 0. The maximum absolute atomic E-state index is 12.9. The van der Waals surface area contributed by atoms with Crippen molar-refractivity contribution in [3.05, 3.63) is 158 Å². The lowest BCUT2D eigenvalue weighted by Crippen LogP contribution is -2.37. The molecule has 10 heteroatoms. The number of hydrogen-bond donors (Lipinski definition) is 1. The van der Waals surface area contributed by atoms with E-state index in [2.05, 4.69) is 172 Å². The van der Waals surface area contributed by atoms with Gasteiger partial charge in [0, 0.05) is 12.8 Å². The molecule has 2 atom stereocenters. The number of hydrogen-bond acceptors (Lipinski definition) is 7. The molecule has 0 aliphatic heterocycles. The molecule has 0 aromatic carbocycles. The normalized spacial score (nSPS) is 14.2. The molecule has 0 heterocycles. The highest BCUT2D eigenvalue weighted by atomic mass is 31.2. The molecule has 0 aliphatic carbocycles. The van der Waals surface area contributed by atoms with Gasteiger partial charge in [-0.15, -0.1) is 0 Å². The number of phosphoric ester groups is 1. The van der Waals surface area contributed by atoms with Crippen molar-refractivity contribution in [3.8, 4) is 0 Å². The van der Waals surface area contributed by atoms with E-state index in [-0.39, 0.29) is 26.1 Å². The van der Waals surface area contributed by atoms with Gasteiger partial charge in [0.05, 0.1) is 27.7 Å². The maximum atomic E-state index is 12.9. The predicted octanol–water partition coefficient (Wildman–Crippen LogP) is 22.4. The van der Waals surface area contributed by atoms with E-state index >= 15 is 0 Å². The van der Waals surface area contributed by atoms with E-state index in [4.69, 9.17) is 18.5 Å². The van der Waals surface area contributed by atoms with Gasteiger partial charge < -0.3 is 18.9 Å². The predicted molar refractivity (Wildman–Crippen MR) is 371 cm³/mol. The molecular formula is C76H127NO8P+. The zero-order chi connectivity index (χ0) is 62.6. The van der Waals surface area contributed by atoms with Crippen molar-refractivity contribution in [1.82, 2.24) is 0 Å². The molecule has 86 heavy (non-hydrogen) atoms. The number of esters is 2. The van der Waals surface area contributed by atoms with Gasteiger partial charge in [0.25, 0.3) is 0 Å². The molecule has 2 unspecified atom stereocenters. The highest BCUT2D eigenvalue weighted by Crippen LogP contribution is 2.43. The average Bonchev–Trinajstić information content (AvgIpc) is 3.56. The largest absolute Gasteiger partial charge is 0.472 e. The summed E-state index contributed by atoms with van der Waals surface area (Å²) in [6, 6.07) is 0. The summed E-state index contributed by atoms with van der Waals surface area (Å²) in [4.78, 5) is 35.8. The number of unbranched alkanes of at least 4 members (excludes halogenated alkanes) is 21. The third-order valence-electron chi connectivity index (χ3n) is 14.1. The first-order valence-corrected chi connectivity index (χ1v) is 35.7. The van der Waals surface area contributed by atoms with Crippen LogP contribution in [0.15, 0.2) is 158 Å². The quantitative estimate of drug-likeness (QED) is 0.0211. The van der Waals surface area contributed by atoms with Crippen molar-refractivity contribution in [2.24, 2.45) is 0 Å². The summed E-state index contributed by atoms with van der Waals surface area (Å²) in [5.74, 6) is -0.831. The Hall–Kier alpha value is -4.37. The van der Waals surface area contributed by atoms with Gasteiger partial charge in [0.15, 0.2) is 6.10 Å². The summed E-state index contributed by atoms with van der Waals surface area (Å²) >= 11 is 0. The molecule has 0 amide bonds. The summed E-state index contributed by atoms with van der Waals surface area (Å²) in [5.41, 5.74) is 0. The van der Waals surface area contributed by atoms with Crippen LogP contribution in [0.4, 0.5) is 0 Å². The number of allylic oxidation sites excluding steroid dienone is 26. The number of carbonyl (C=O) groups is 2. The van der Waals surface area contributed by atoms with E-state index in [0.29, 0.717) is 23.9 Å². The van der Waals surface area contributed by atoms with Crippen LogP contribution in [0.5, 0.6) is 0 Å². The molecule has 0 radical (unpaired) electrons. The highest BCUT2D eigenvalue weighted by molar-refractivity contribution is 7.47. The van der Waals surface area contributed by atoms with Crippen LogP contribution in [0, 0.1) is 0 Å². The van der Waals surface area contributed by atoms with Crippen LogP contribution in [-0.2, 0) is 32.7 Å². The smallest absolute Gasteiger partial charge is 0.462 e. The van der Waals surface area contributed by atoms with E-state index in [1.165, 1.54) is 89.9 Å². The Morgan fingerprint density at radius 1 is 0.360 bits per heavy atom. The second kappa shape index (κ2) is 65.1. The second-order valence-electron chi connectivity index (χ2n) is 23.4. The lowest BCUT2D eigenvalue weighted by atomic mass is 10.0. The fourth-order valence-electron chi connectivity index (χ4n) is 8.88. The van der Waals surface area contributed by atoms with Crippen molar-refractivity contribution in [1.29, 1.82) is 0 Å². The van der Waals surface area contributed by atoms with Crippen LogP contribution < -0.4 is 0 Å². The van der Waals surface area contributed by atoms with Gasteiger partial charge in [-0.05, 0) is 122 Å². The van der Waals surface area contributed by atoms with Gasteiger partial charge >= 0.3 is 19.8 Å². The van der Waals surface area contributed by atoms with Crippen molar-refractivity contribution in [2.75, 3.05) is 47.5 Å². The van der Waals surface area contributed by atoms with Gasteiger partial charge in [0.1, 0.15) is 19.8 Å². The maximum Gasteiger partial charge on any atom is 0.472 e. The van der Waals surface area contributed by atoms with Gasteiger partial charge in [0.2, 0.25) is 0 Å². The Bertz CT molecular complexity index is 2010. The lowest BCUT2D eigenvalue weighted by Gasteiger charge is -2.24. The molecule has 0 aliphatic rings. The van der Waals surface area contributed by atoms with Gasteiger partial charge in [-0.25, -0.2) is 4.57 Å². The van der Waals surface area contributed by atoms with E-state index in [0.717, 1.165) is 128 Å². The van der Waals surface area contributed by atoms with E-state index in [1.807, 2.05) is 21.1 Å². The van der Waals surface area contributed by atoms with Gasteiger partial charge in [-0.1, -0.05) is 281 Å². The van der Waals surface area contributed by atoms with Crippen LogP contribution in [0.25, 0.3) is 0 Å². The van der Waals surface area contributed by atoms with E-state index < -0.39 is 32.5 Å². The number of nitrogens with zero attached hydrogens (tertiary/aromatic N) is 1. The second-order valence-corrected chi connectivity index (χ2v) is 24.9. The number of quaternary nitrogens is 1. The van der Waals surface area contributed by atoms with Crippen molar-refractivity contribution < 1.29 is 42.1 Å². The van der Waals surface area contributed by atoms with Crippen LogP contribution in [-0.4, -0.2) is 74.9 Å². The lowest BCUT2D eigenvalue weighted by molar-refractivity contribution is -0.870. The Kier molecular flexibility index (Phi) is 61.8.